The summed E-state index contributed by atoms with van der Waals surface area (Å²) in [5.41, 5.74) is 9.35. The smallest absolute Gasteiger partial charge is 0.00708 e. The van der Waals surface area contributed by atoms with Gasteiger partial charge in [0.05, 0.1) is 0 Å². The number of rotatable bonds is 2. The summed E-state index contributed by atoms with van der Waals surface area (Å²) in [5, 5.41) is 0. The third-order valence-corrected chi connectivity index (χ3v) is 4.17. The van der Waals surface area contributed by atoms with E-state index in [1.165, 1.54) is 38.9 Å². The third-order valence-electron chi connectivity index (χ3n) is 4.17. The van der Waals surface area contributed by atoms with Crippen LogP contribution in [0, 0.1) is 20.8 Å². The molecule has 0 atom stereocenters. The molecule has 0 aliphatic heterocycles. The SMILES string of the molecule is Cc1cc(C)c(-c2ccccc2)c(-c2ccccc2)c1C. The molecule has 0 heteroatoms. The molecule has 0 saturated carbocycles. The van der Waals surface area contributed by atoms with Crippen LogP contribution in [0.4, 0.5) is 0 Å². The number of benzene rings is 3. The van der Waals surface area contributed by atoms with Gasteiger partial charge in [-0.15, -0.1) is 0 Å². The molecule has 0 radical (unpaired) electrons. The van der Waals surface area contributed by atoms with E-state index in [0.717, 1.165) is 0 Å². The lowest BCUT2D eigenvalue weighted by molar-refractivity contribution is 1.30. The molecular weight excluding hydrogens is 252 g/mol. The van der Waals surface area contributed by atoms with Crippen LogP contribution in [0.25, 0.3) is 22.3 Å². The van der Waals surface area contributed by atoms with Gasteiger partial charge in [0.15, 0.2) is 0 Å². The van der Waals surface area contributed by atoms with Gasteiger partial charge in [-0.25, -0.2) is 0 Å². The fourth-order valence-electron chi connectivity index (χ4n) is 3.03. The van der Waals surface area contributed by atoms with E-state index in [0.29, 0.717) is 0 Å². The maximum Gasteiger partial charge on any atom is -0.00708 e. The van der Waals surface area contributed by atoms with E-state index < -0.39 is 0 Å². The van der Waals surface area contributed by atoms with Crippen molar-refractivity contribution in [1.82, 2.24) is 0 Å². The summed E-state index contributed by atoms with van der Waals surface area (Å²) in [7, 11) is 0. The molecule has 0 heterocycles. The summed E-state index contributed by atoms with van der Waals surface area (Å²) >= 11 is 0. The van der Waals surface area contributed by atoms with E-state index >= 15 is 0 Å². The van der Waals surface area contributed by atoms with E-state index in [4.69, 9.17) is 0 Å². The predicted molar refractivity (Wildman–Crippen MR) is 91.5 cm³/mol. The number of aryl methyl sites for hydroxylation is 2. The first-order valence-corrected chi connectivity index (χ1v) is 7.40. The molecule has 0 aliphatic rings. The van der Waals surface area contributed by atoms with Gasteiger partial charge in [0, 0.05) is 0 Å². The molecule has 0 unspecified atom stereocenters. The van der Waals surface area contributed by atoms with Gasteiger partial charge < -0.3 is 0 Å². The zero-order valence-electron chi connectivity index (χ0n) is 12.9. The molecule has 3 aromatic carbocycles. The number of hydrogen-bond acceptors (Lipinski definition) is 0. The summed E-state index contributed by atoms with van der Waals surface area (Å²) < 4.78 is 0. The zero-order chi connectivity index (χ0) is 14.8. The standard InChI is InChI=1S/C21H20/c1-15-14-16(2)20(18-10-6-4-7-11-18)21(17(15)3)19-12-8-5-9-13-19/h4-14H,1-3H3. The van der Waals surface area contributed by atoms with Crippen molar-refractivity contribution < 1.29 is 0 Å². The molecule has 0 N–H and O–H groups in total. The van der Waals surface area contributed by atoms with Gasteiger partial charge in [0.2, 0.25) is 0 Å². The summed E-state index contributed by atoms with van der Waals surface area (Å²) in [6.07, 6.45) is 0. The fraction of sp³-hybridized carbons (Fsp3) is 0.143. The largest absolute Gasteiger partial charge is 0.0622 e. The second-order valence-electron chi connectivity index (χ2n) is 5.62. The minimum atomic E-state index is 1.29. The molecule has 3 aromatic rings. The normalized spacial score (nSPS) is 10.6. The van der Waals surface area contributed by atoms with E-state index in [2.05, 4.69) is 87.5 Å². The zero-order valence-corrected chi connectivity index (χ0v) is 12.9. The van der Waals surface area contributed by atoms with Crippen molar-refractivity contribution in [3.05, 3.63) is 83.4 Å². The lowest BCUT2D eigenvalue weighted by atomic mass is 9.86. The summed E-state index contributed by atoms with van der Waals surface area (Å²) in [5.74, 6) is 0. The van der Waals surface area contributed by atoms with Crippen LogP contribution in [-0.2, 0) is 0 Å². The first-order chi connectivity index (χ1) is 10.2. The van der Waals surface area contributed by atoms with Crippen molar-refractivity contribution in [2.75, 3.05) is 0 Å². The molecular formula is C21H20. The van der Waals surface area contributed by atoms with Crippen LogP contribution in [0.15, 0.2) is 66.7 Å². The van der Waals surface area contributed by atoms with Gasteiger partial charge in [-0.3, -0.25) is 0 Å². The average molecular weight is 272 g/mol. The predicted octanol–water partition coefficient (Wildman–Crippen LogP) is 5.95. The monoisotopic (exact) mass is 272 g/mol. The molecule has 0 saturated heterocycles. The van der Waals surface area contributed by atoms with Crippen molar-refractivity contribution >= 4 is 0 Å². The lowest BCUT2D eigenvalue weighted by Gasteiger charge is -2.18. The quantitative estimate of drug-likeness (QED) is 0.541. The molecule has 0 bridgehead atoms. The van der Waals surface area contributed by atoms with E-state index in [1.54, 1.807) is 0 Å². The molecule has 3 rings (SSSR count). The molecule has 0 nitrogen and oxygen atoms in total. The van der Waals surface area contributed by atoms with Crippen molar-refractivity contribution in [3.8, 4) is 22.3 Å². The van der Waals surface area contributed by atoms with Crippen molar-refractivity contribution in [1.29, 1.82) is 0 Å². The first kappa shape index (κ1) is 13.6. The molecule has 0 spiro atoms. The second kappa shape index (κ2) is 5.57. The molecule has 104 valence electrons. The Balaban J connectivity index is 2.37. The Kier molecular flexibility index (Phi) is 3.62. The van der Waals surface area contributed by atoms with Crippen molar-refractivity contribution in [2.45, 2.75) is 20.8 Å². The van der Waals surface area contributed by atoms with Crippen LogP contribution < -0.4 is 0 Å². The van der Waals surface area contributed by atoms with Gasteiger partial charge in [0.25, 0.3) is 0 Å². The van der Waals surface area contributed by atoms with Gasteiger partial charge in [0.1, 0.15) is 0 Å². The highest BCUT2D eigenvalue weighted by atomic mass is 14.2. The Hall–Kier alpha value is -2.34. The number of hydrogen-bond donors (Lipinski definition) is 0. The van der Waals surface area contributed by atoms with Crippen molar-refractivity contribution in [3.63, 3.8) is 0 Å². The Morgan fingerprint density at radius 1 is 0.524 bits per heavy atom. The molecule has 0 fully saturated rings. The van der Waals surface area contributed by atoms with Crippen LogP contribution in [0.1, 0.15) is 16.7 Å². The Bertz CT molecular complexity index is 753. The first-order valence-electron chi connectivity index (χ1n) is 7.40. The van der Waals surface area contributed by atoms with Crippen LogP contribution in [-0.4, -0.2) is 0 Å². The summed E-state index contributed by atoms with van der Waals surface area (Å²) in [4.78, 5) is 0. The van der Waals surface area contributed by atoms with Gasteiger partial charge in [-0.2, -0.15) is 0 Å². The fourth-order valence-corrected chi connectivity index (χ4v) is 3.03. The highest BCUT2D eigenvalue weighted by molar-refractivity contribution is 5.88. The third kappa shape index (κ3) is 2.50. The van der Waals surface area contributed by atoms with Crippen LogP contribution in [0.2, 0.25) is 0 Å². The van der Waals surface area contributed by atoms with E-state index in [-0.39, 0.29) is 0 Å². The topological polar surface area (TPSA) is 0 Å². The van der Waals surface area contributed by atoms with Crippen LogP contribution in [0.3, 0.4) is 0 Å². The summed E-state index contributed by atoms with van der Waals surface area (Å²) in [6.45, 7) is 6.63. The molecule has 0 aliphatic carbocycles. The Morgan fingerprint density at radius 3 is 1.52 bits per heavy atom. The van der Waals surface area contributed by atoms with Gasteiger partial charge >= 0.3 is 0 Å². The van der Waals surface area contributed by atoms with Crippen molar-refractivity contribution in [2.24, 2.45) is 0 Å². The van der Waals surface area contributed by atoms with Crippen LogP contribution >= 0.6 is 0 Å². The Labute approximate surface area is 127 Å². The molecule has 21 heavy (non-hydrogen) atoms. The summed E-state index contributed by atoms with van der Waals surface area (Å²) in [6, 6.07) is 23.7. The van der Waals surface area contributed by atoms with Crippen LogP contribution in [0.5, 0.6) is 0 Å². The maximum absolute atomic E-state index is 2.30. The van der Waals surface area contributed by atoms with Gasteiger partial charge in [-0.05, 0) is 59.7 Å². The highest BCUT2D eigenvalue weighted by Crippen LogP contribution is 2.38. The maximum atomic E-state index is 2.30. The lowest BCUT2D eigenvalue weighted by Crippen LogP contribution is -1.95. The second-order valence-corrected chi connectivity index (χ2v) is 5.62. The minimum absolute atomic E-state index is 1.29. The molecule has 0 aromatic heterocycles. The minimum Gasteiger partial charge on any atom is -0.0622 e. The van der Waals surface area contributed by atoms with E-state index in [9.17, 15) is 0 Å². The van der Waals surface area contributed by atoms with Gasteiger partial charge in [-0.1, -0.05) is 66.7 Å². The Morgan fingerprint density at radius 2 is 1.00 bits per heavy atom. The van der Waals surface area contributed by atoms with E-state index in [1.807, 2.05) is 0 Å². The highest BCUT2D eigenvalue weighted by Gasteiger charge is 2.14. The average Bonchev–Trinajstić information content (AvgIpc) is 2.52. The molecule has 0 amide bonds.